The van der Waals surface area contributed by atoms with Crippen LogP contribution in [0.4, 0.5) is 8.78 Å². The third kappa shape index (κ3) is 3.77. The SMILES string of the molecule is O=C(Cc1nnc(-c2cc(F)cc(F)c2)o1)N1CCC(n2c(=O)[nH]c3ncccc32)CC1. The zero-order valence-corrected chi connectivity index (χ0v) is 16.8. The molecule has 4 heterocycles. The lowest BCUT2D eigenvalue weighted by molar-refractivity contribution is -0.132. The van der Waals surface area contributed by atoms with E-state index in [9.17, 15) is 18.4 Å². The number of carbonyl (C=O) groups is 1. The number of aromatic amines is 1. The van der Waals surface area contributed by atoms with Crippen molar-refractivity contribution >= 4 is 17.1 Å². The average Bonchev–Trinajstić information content (AvgIpc) is 3.36. The van der Waals surface area contributed by atoms with Crippen molar-refractivity contribution in [1.29, 1.82) is 0 Å². The van der Waals surface area contributed by atoms with Gasteiger partial charge in [0, 0.05) is 37.0 Å². The largest absolute Gasteiger partial charge is 0.420 e. The van der Waals surface area contributed by atoms with E-state index >= 15 is 0 Å². The van der Waals surface area contributed by atoms with Crippen LogP contribution in [0, 0.1) is 11.6 Å². The molecule has 1 amide bonds. The van der Waals surface area contributed by atoms with Crippen LogP contribution in [0.1, 0.15) is 24.8 Å². The van der Waals surface area contributed by atoms with Gasteiger partial charge in [-0.1, -0.05) is 0 Å². The van der Waals surface area contributed by atoms with Crippen LogP contribution in [0.3, 0.4) is 0 Å². The van der Waals surface area contributed by atoms with Gasteiger partial charge in [-0.2, -0.15) is 0 Å². The maximum absolute atomic E-state index is 13.4. The highest BCUT2D eigenvalue weighted by atomic mass is 19.1. The van der Waals surface area contributed by atoms with Crippen molar-refractivity contribution in [1.82, 2.24) is 29.6 Å². The number of benzene rings is 1. The molecule has 0 saturated carbocycles. The second-order valence-corrected chi connectivity index (χ2v) is 7.62. The van der Waals surface area contributed by atoms with Gasteiger partial charge in [0.05, 0.1) is 5.52 Å². The number of pyridine rings is 1. The van der Waals surface area contributed by atoms with Gasteiger partial charge in [-0.3, -0.25) is 14.3 Å². The van der Waals surface area contributed by atoms with E-state index in [-0.39, 0.29) is 41.4 Å². The van der Waals surface area contributed by atoms with E-state index in [4.69, 9.17) is 4.42 Å². The second-order valence-electron chi connectivity index (χ2n) is 7.62. The standard InChI is InChI=1S/C21H18F2N6O3/c22-13-8-12(9-14(23)10-13)20-27-26-17(32-20)11-18(30)28-6-3-15(4-7-28)29-16-2-1-5-24-19(16)25-21(29)31/h1-2,5,8-10,15H,3-4,6-7,11H2,(H,24,25,31). The molecule has 0 aliphatic carbocycles. The van der Waals surface area contributed by atoms with Gasteiger partial charge in [0.15, 0.2) is 5.65 Å². The number of aromatic nitrogens is 5. The molecule has 1 aliphatic heterocycles. The fraction of sp³-hybridized carbons (Fsp3) is 0.286. The minimum Gasteiger partial charge on any atom is -0.420 e. The monoisotopic (exact) mass is 440 g/mol. The summed E-state index contributed by atoms with van der Waals surface area (Å²) in [7, 11) is 0. The van der Waals surface area contributed by atoms with Crippen LogP contribution in [0.15, 0.2) is 45.7 Å². The molecule has 9 nitrogen and oxygen atoms in total. The molecule has 1 aliphatic rings. The van der Waals surface area contributed by atoms with E-state index in [0.29, 0.717) is 31.6 Å². The predicted molar refractivity (Wildman–Crippen MR) is 109 cm³/mol. The molecule has 4 aromatic rings. The Bertz CT molecular complexity index is 1330. The summed E-state index contributed by atoms with van der Waals surface area (Å²) >= 11 is 0. The number of likely N-dealkylation sites (tertiary alicyclic amines) is 1. The summed E-state index contributed by atoms with van der Waals surface area (Å²) in [5.41, 5.74) is 1.18. The second kappa shape index (κ2) is 7.98. The number of nitrogens with zero attached hydrogens (tertiary/aromatic N) is 5. The Morgan fingerprint density at radius 1 is 1.16 bits per heavy atom. The topological polar surface area (TPSA) is 110 Å². The maximum Gasteiger partial charge on any atom is 0.327 e. The highest BCUT2D eigenvalue weighted by Gasteiger charge is 2.27. The lowest BCUT2D eigenvalue weighted by Gasteiger charge is -2.32. The first-order valence-electron chi connectivity index (χ1n) is 10.1. The van der Waals surface area contributed by atoms with Gasteiger partial charge in [-0.25, -0.2) is 18.6 Å². The molecule has 1 N–H and O–H groups in total. The van der Waals surface area contributed by atoms with Crippen molar-refractivity contribution in [2.45, 2.75) is 25.3 Å². The Balaban J connectivity index is 1.24. The Kier molecular flexibility index (Phi) is 5.00. The van der Waals surface area contributed by atoms with Crippen molar-refractivity contribution in [3.05, 3.63) is 64.5 Å². The quantitative estimate of drug-likeness (QED) is 0.522. The van der Waals surface area contributed by atoms with Gasteiger partial charge in [0.1, 0.15) is 18.1 Å². The van der Waals surface area contributed by atoms with Crippen LogP contribution >= 0.6 is 0 Å². The molecule has 0 bridgehead atoms. The first-order valence-corrected chi connectivity index (χ1v) is 10.1. The summed E-state index contributed by atoms with van der Waals surface area (Å²) in [6.07, 6.45) is 2.74. The molecule has 32 heavy (non-hydrogen) atoms. The minimum atomic E-state index is -0.760. The summed E-state index contributed by atoms with van der Waals surface area (Å²) < 4.78 is 33.9. The first kappa shape index (κ1) is 20.0. The highest BCUT2D eigenvalue weighted by molar-refractivity contribution is 5.78. The number of halogens is 2. The van der Waals surface area contributed by atoms with Crippen molar-refractivity contribution < 1.29 is 18.0 Å². The van der Waals surface area contributed by atoms with Crippen LogP contribution in [0.25, 0.3) is 22.6 Å². The van der Waals surface area contributed by atoms with E-state index in [1.54, 1.807) is 21.7 Å². The molecule has 0 unspecified atom stereocenters. The highest BCUT2D eigenvalue weighted by Crippen LogP contribution is 2.25. The molecule has 1 saturated heterocycles. The molecular formula is C21H18F2N6O3. The number of hydrogen-bond acceptors (Lipinski definition) is 6. The Labute approximate surface area is 179 Å². The zero-order valence-electron chi connectivity index (χ0n) is 16.8. The first-order chi connectivity index (χ1) is 15.5. The lowest BCUT2D eigenvalue weighted by atomic mass is 10.0. The predicted octanol–water partition coefficient (Wildman–Crippen LogP) is 2.46. The molecule has 11 heteroatoms. The van der Waals surface area contributed by atoms with E-state index in [2.05, 4.69) is 20.2 Å². The zero-order chi connectivity index (χ0) is 22.2. The van der Waals surface area contributed by atoms with Crippen molar-refractivity contribution in [2.75, 3.05) is 13.1 Å². The fourth-order valence-corrected chi connectivity index (χ4v) is 4.05. The summed E-state index contributed by atoms with van der Waals surface area (Å²) in [4.78, 5) is 33.7. The Hall–Kier alpha value is -3.89. The summed E-state index contributed by atoms with van der Waals surface area (Å²) in [5, 5.41) is 7.61. The number of rotatable bonds is 4. The van der Waals surface area contributed by atoms with Crippen LogP contribution < -0.4 is 5.69 Å². The smallest absolute Gasteiger partial charge is 0.327 e. The molecule has 1 fully saturated rings. The molecular weight excluding hydrogens is 422 g/mol. The van der Waals surface area contributed by atoms with Gasteiger partial charge in [-0.15, -0.1) is 10.2 Å². The number of nitrogens with one attached hydrogen (secondary N) is 1. The van der Waals surface area contributed by atoms with Gasteiger partial charge in [-0.05, 0) is 37.1 Å². The summed E-state index contributed by atoms with van der Waals surface area (Å²) in [5.74, 6) is -1.71. The van der Waals surface area contributed by atoms with Crippen LogP contribution in [0.2, 0.25) is 0 Å². The van der Waals surface area contributed by atoms with Crippen molar-refractivity contribution in [2.24, 2.45) is 0 Å². The van der Waals surface area contributed by atoms with Gasteiger partial charge >= 0.3 is 5.69 Å². The van der Waals surface area contributed by atoms with E-state index < -0.39 is 11.6 Å². The van der Waals surface area contributed by atoms with Crippen LogP contribution in [-0.2, 0) is 11.2 Å². The molecule has 0 spiro atoms. The molecule has 1 aromatic carbocycles. The third-order valence-corrected chi connectivity index (χ3v) is 5.55. The van der Waals surface area contributed by atoms with Gasteiger partial charge in [0.25, 0.3) is 0 Å². The molecule has 0 radical (unpaired) electrons. The number of amides is 1. The number of imidazole rings is 1. The van der Waals surface area contributed by atoms with E-state index in [1.807, 2.05) is 6.07 Å². The number of piperidine rings is 1. The van der Waals surface area contributed by atoms with Crippen molar-refractivity contribution in [3.8, 4) is 11.5 Å². The summed E-state index contributed by atoms with van der Waals surface area (Å²) in [6, 6.07) is 6.48. The van der Waals surface area contributed by atoms with Crippen LogP contribution in [-0.4, -0.2) is 48.6 Å². The van der Waals surface area contributed by atoms with Crippen LogP contribution in [0.5, 0.6) is 0 Å². The van der Waals surface area contributed by atoms with Gasteiger partial charge < -0.3 is 9.32 Å². The molecule has 5 rings (SSSR count). The number of hydrogen-bond donors (Lipinski definition) is 1. The Morgan fingerprint density at radius 3 is 2.66 bits per heavy atom. The van der Waals surface area contributed by atoms with Crippen molar-refractivity contribution in [3.63, 3.8) is 0 Å². The number of carbonyl (C=O) groups excluding carboxylic acids is 1. The molecule has 164 valence electrons. The molecule has 0 atom stereocenters. The third-order valence-electron chi connectivity index (χ3n) is 5.55. The number of fused-ring (bicyclic) bond motifs is 1. The van der Waals surface area contributed by atoms with E-state index in [0.717, 1.165) is 23.7 Å². The average molecular weight is 440 g/mol. The maximum atomic E-state index is 13.4. The van der Waals surface area contributed by atoms with Gasteiger partial charge in [0.2, 0.25) is 17.7 Å². The summed E-state index contributed by atoms with van der Waals surface area (Å²) in [6.45, 7) is 0.942. The molecule has 3 aromatic heterocycles. The fourth-order valence-electron chi connectivity index (χ4n) is 4.05. The Morgan fingerprint density at radius 2 is 1.91 bits per heavy atom. The normalized spacial score (nSPS) is 14.9. The number of H-pyrrole nitrogens is 1. The van der Waals surface area contributed by atoms with E-state index in [1.165, 1.54) is 0 Å². The lowest BCUT2D eigenvalue weighted by Crippen LogP contribution is -2.41. The minimum absolute atomic E-state index is 0.0395.